The Balaban J connectivity index is 3.45. The molecule has 0 saturated carbocycles. The molecular weight excluding hydrogens is 148 g/mol. The van der Waals surface area contributed by atoms with Gasteiger partial charge in [0.15, 0.2) is 5.78 Å². The molecule has 12 heavy (non-hydrogen) atoms. The van der Waals surface area contributed by atoms with Crippen LogP contribution >= 0.6 is 0 Å². The van der Waals surface area contributed by atoms with Gasteiger partial charge in [-0.05, 0) is 25.3 Å². The summed E-state index contributed by atoms with van der Waals surface area (Å²) in [5, 5.41) is 0. The van der Waals surface area contributed by atoms with Crippen LogP contribution in [-0.4, -0.2) is 5.78 Å². The average molecular weight is 168 g/mol. The Labute approximate surface area is 75.9 Å². The highest BCUT2D eigenvalue weighted by Crippen LogP contribution is 2.10. The van der Waals surface area contributed by atoms with Crippen molar-refractivity contribution >= 4 is 5.78 Å². The number of hydrogen-bond donors (Lipinski definition) is 0. The lowest BCUT2D eigenvalue weighted by Gasteiger charge is -2.03. The van der Waals surface area contributed by atoms with E-state index in [-0.39, 0.29) is 5.78 Å². The van der Waals surface area contributed by atoms with Gasteiger partial charge in [-0.2, -0.15) is 0 Å². The zero-order valence-electron chi connectivity index (χ0n) is 8.47. The van der Waals surface area contributed by atoms with Crippen LogP contribution in [-0.2, 0) is 4.79 Å². The van der Waals surface area contributed by atoms with Gasteiger partial charge < -0.3 is 0 Å². The third kappa shape index (κ3) is 7.52. The monoisotopic (exact) mass is 168 g/mol. The first kappa shape index (κ1) is 11.4. The van der Waals surface area contributed by atoms with Crippen LogP contribution in [0.4, 0.5) is 0 Å². The standard InChI is InChI=1S/C11H20O/c1-4-5-6-7-10(2)8-9-11(3)12/h8-10H,4-7H2,1-3H3. The van der Waals surface area contributed by atoms with Crippen LogP contribution in [0.5, 0.6) is 0 Å². The molecule has 0 aliphatic rings. The van der Waals surface area contributed by atoms with Crippen LogP contribution in [0, 0.1) is 5.92 Å². The third-order valence-corrected chi connectivity index (χ3v) is 1.92. The maximum absolute atomic E-state index is 10.6. The summed E-state index contributed by atoms with van der Waals surface area (Å²) in [6, 6.07) is 0. The van der Waals surface area contributed by atoms with E-state index in [1.807, 2.05) is 6.08 Å². The van der Waals surface area contributed by atoms with Crippen molar-refractivity contribution in [1.82, 2.24) is 0 Å². The van der Waals surface area contributed by atoms with Gasteiger partial charge >= 0.3 is 0 Å². The van der Waals surface area contributed by atoms with Gasteiger partial charge in [0.05, 0.1) is 0 Å². The first-order valence-electron chi connectivity index (χ1n) is 4.85. The highest BCUT2D eigenvalue weighted by Gasteiger charge is 1.96. The van der Waals surface area contributed by atoms with E-state index in [9.17, 15) is 4.79 Å². The lowest BCUT2D eigenvalue weighted by Crippen LogP contribution is -1.91. The zero-order chi connectivity index (χ0) is 9.40. The van der Waals surface area contributed by atoms with E-state index in [0.717, 1.165) is 0 Å². The number of carbonyl (C=O) groups excluding carboxylic acids is 1. The molecule has 0 aliphatic carbocycles. The van der Waals surface area contributed by atoms with Gasteiger partial charge in [-0.3, -0.25) is 4.79 Å². The highest BCUT2D eigenvalue weighted by molar-refractivity contribution is 5.87. The van der Waals surface area contributed by atoms with E-state index in [4.69, 9.17) is 0 Å². The summed E-state index contributed by atoms with van der Waals surface area (Å²) in [5.41, 5.74) is 0. The average Bonchev–Trinajstić information content (AvgIpc) is 2.01. The molecule has 0 aromatic carbocycles. The summed E-state index contributed by atoms with van der Waals surface area (Å²) >= 11 is 0. The highest BCUT2D eigenvalue weighted by atomic mass is 16.1. The maximum Gasteiger partial charge on any atom is 0.152 e. The van der Waals surface area contributed by atoms with E-state index in [2.05, 4.69) is 13.8 Å². The first-order valence-corrected chi connectivity index (χ1v) is 4.85. The smallest absolute Gasteiger partial charge is 0.152 e. The van der Waals surface area contributed by atoms with Gasteiger partial charge in [0.25, 0.3) is 0 Å². The first-order chi connectivity index (χ1) is 5.66. The van der Waals surface area contributed by atoms with Crippen molar-refractivity contribution < 1.29 is 4.79 Å². The molecule has 1 heteroatoms. The van der Waals surface area contributed by atoms with E-state index in [0.29, 0.717) is 5.92 Å². The number of rotatable bonds is 6. The maximum atomic E-state index is 10.6. The Bertz CT molecular complexity index is 147. The Morgan fingerprint density at radius 3 is 2.58 bits per heavy atom. The number of hydrogen-bond acceptors (Lipinski definition) is 1. The van der Waals surface area contributed by atoms with Gasteiger partial charge in [-0.25, -0.2) is 0 Å². The Hall–Kier alpha value is -0.590. The fraction of sp³-hybridized carbons (Fsp3) is 0.727. The molecule has 70 valence electrons. The zero-order valence-corrected chi connectivity index (χ0v) is 8.47. The Kier molecular flexibility index (Phi) is 6.73. The fourth-order valence-corrected chi connectivity index (χ4v) is 1.11. The summed E-state index contributed by atoms with van der Waals surface area (Å²) in [5.74, 6) is 0.706. The van der Waals surface area contributed by atoms with Crippen LogP contribution in [0.2, 0.25) is 0 Å². The van der Waals surface area contributed by atoms with Crippen LogP contribution in [0.1, 0.15) is 46.5 Å². The molecule has 0 aromatic rings. The summed E-state index contributed by atoms with van der Waals surface area (Å²) in [7, 11) is 0. The molecule has 0 saturated heterocycles. The minimum absolute atomic E-state index is 0.150. The topological polar surface area (TPSA) is 17.1 Å². The molecule has 1 unspecified atom stereocenters. The van der Waals surface area contributed by atoms with Gasteiger partial charge in [-0.1, -0.05) is 39.2 Å². The number of unbranched alkanes of at least 4 members (excludes halogenated alkanes) is 2. The van der Waals surface area contributed by atoms with Crippen molar-refractivity contribution in [3.05, 3.63) is 12.2 Å². The summed E-state index contributed by atoms with van der Waals surface area (Å²) in [6.45, 7) is 5.96. The van der Waals surface area contributed by atoms with E-state index in [1.165, 1.54) is 25.7 Å². The molecular formula is C11H20O. The van der Waals surface area contributed by atoms with E-state index >= 15 is 0 Å². The molecule has 0 N–H and O–H groups in total. The van der Waals surface area contributed by atoms with Crippen molar-refractivity contribution in [3.63, 3.8) is 0 Å². The van der Waals surface area contributed by atoms with Gasteiger partial charge in [0, 0.05) is 0 Å². The third-order valence-electron chi connectivity index (χ3n) is 1.92. The number of ketones is 1. The Morgan fingerprint density at radius 1 is 1.42 bits per heavy atom. The van der Waals surface area contributed by atoms with Crippen LogP contribution in [0.15, 0.2) is 12.2 Å². The second kappa shape index (κ2) is 7.08. The minimum Gasteiger partial charge on any atom is -0.295 e. The molecule has 1 atom stereocenters. The van der Waals surface area contributed by atoms with Gasteiger partial charge in [0.2, 0.25) is 0 Å². The van der Waals surface area contributed by atoms with Crippen LogP contribution < -0.4 is 0 Å². The van der Waals surface area contributed by atoms with Crippen LogP contribution in [0.3, 0.4) is 0 Å². The lowest BCUT2D eigenvalue weighted by atomic mass is 10.0. The molecule has 0 rings (SSSR count). The van der Waals surface area contributed by atoms with E-state index < -0.39 is 0 Å². The lowest BCUT2D eigenvalue weighted by molar-refractivity contribution is -0.112. The Morgan fingerprint density at radius 2 is 2.08 bits per heavy atom. The van der Waals surface area contributed by atoms with Crippen LogP contribution in [0.25, 0.3) is 0 Å². The molecule has 0 bridgehead atoms. The van der Waals surface area contributed by atoms with Crippen molar-refractivity contribution in [3.8, 4) is 0 Å². The minimum atomic E-state index is 0.150. The van der Waals surface area contributed by atoms with E-state index in [1.54, 1.807) is 13.0 Å². The molecule has 0 radical (unpaired) electrons. The molecule has 1 nitrogen and oxygen atoms in total. The predicted molar refractivity (Wildman–Crippen MR) is 53.1 cm³/mol. The summed E-state index contributed by atoms with van der Waals surface area (Å²) in [4.78, 5) is 10.6. The predicted octanol–water partition coefficient (Wildman–Crippen LogP) is 3.35. The van der Waals surface area contributed by atoms with Crippen molar-refractivity contribution in [1.29, 1.82) is 0 Å². The quantitative estimate of drug-likeness (QED) is 0.439. The SMILES string of the molecule is CCCCCC(C)C=CC(C)=O. The second-order valence-corrected chi connectivity index (χ2v) is 3.44. The van der Waals surface area contributed by atoms with Crippen molar-refractivity contribution in [2.75, 3.05) is 0 Å². The normalized spacial score (nSPS) is 13.6. The van der Waals surface area contributed by atoms with Gasteiger partial charge in [-0.15, -0.1) is 0 Å². The molecule has 0 heterocycles. The summed E-state index contributed by atoms with van der Waals surface area (Å²) < 4.78 is 0. The fourth-order valence-electron chi connectivity index (χ4n) is 1.11. The van der Waals surface area contributed by atoms with Crippen molar-refractivity contribution in [2.24, 2.45) is 5.92 Å². The van der Waals surface area contributed by atoms with Crippen molar-refractivity contribution in [2.45, 2.75) is 46.5 Å². The summed E-state index contributed by atoms with van der Waals surface area (Å²) in [6.07, 6.45) is 8.74. The molecule has 0 aliphatic heterocycles. The largest absolute Gasteiger partial charge is 0.295 e. The second-order valence-electron chi connectivity index (χ2n) is 3.44. The molecule has 0 spiro atoms. The molecule has 0 amide bonds. The molecule has 0 aromatic heterocycles. The van der Waals surface area contributed by atoms with Gasteiger partial charge in [0.1, 0.15) is 0 Å². The number of carbonyl (C=O) groups is 1. The number of allylic oxidation sites excluding steroid dienone is 2. The molecule has 0 fully saturated rings.